The van der Waals surface area contributed by atoms with Crippen LogP contribution in [0.5, 0.6) is 0 Å². The molecule has 0 saturated heterocycles. The normalized spacial score (nSPS) is 13.8. The second-order valence-corrected chi connectivity index (χ2v) is 24.2. The van der Waals surface area contributed by atoms with Gasteiger partial charge in [-0.1, -0.05) is 91.8 Å². The van der Waals surface area contributed by atoms with Gasteiger partial charge in [-0.3, -0.25) is 0 Å². The summed E-state index contributed by atoms with van der Waals surface area (Å²) in [6, 6.07) is 4.72. The lowest BCUT2D eigenvalue weighted by Crippen LogP contribution is -2.70. The Morgan fingerprint density at radius 2 is 1.05 bits per heavy atom. The third-order valence-electron chi connectivity index (χ3n) is 3.51. The van der Waals surface area contributed by atoms with Crippen LogP contribution in [0.25, 0.3) is 0 Å². The van der Waals surface area contributed by atoms with Gasteiger partial charge in [0.15, 0.2) is 0 Å². The predicted octanol–water partition coefficient (Wildman–Crippen LogP) is 2.12. The van der Waals surface area contributed by atoms with Gasteiger partial charge in [0.25, 0.3) is 0 Å². The van der Waals surface area contributed by atoms with E-state index in [0.717, 1.165) is 0 Å². The van der Waals surface area contributed by atoms with Crippen LogP contribution in [0.2, 0.25) is 58.9 Å². The van der Waals surface area contributed by atoms with Crippen molar-refractivity contribution in [3.8, 4) is 0 Å². The Labute approximate surface area is 126 Å². The Kier molecular flexibility index (Phi) is 4.63. The average molecular weight is 322 g/mol. The highest BCUT2D eigenvalue weighted by molar-refractivity contribution is 7.04. The van der Waals surface area contributed by atoms with Crippen molar-refractivity contribution in [2.75, 3.05) is 0 Å². The molecular formula is C15H29Si4. The lowest BCUT2D eigenvalue weighted by molar-refractivity contribution is 1.67. The lowest BCUT2D eigenvalue weighted by atomic mass is 10.3. The zero-order valence-electron chi connectivity index (χ0n) is 14.2. The summed E-state index contributed by atoms with van der Waals surface area (Å²) in [5.74, 6) is 0. The van der Waals surface area contributed by atoms with Crippen molar-refractivity contribution >= 4 is 55.2 Å². The second-order valence-electron chi connectivity index (χ2n) is 8.66. The van der Waals surface area contributed by atoms with Gasteiger partial charge in [0.2, 0.25) is 0 Å². The van der Waals surface area contributed by atoms with E-state index in [1.54, 1.807) is 15.6 Å². The minimum Gasteiger partial charge on any atom is -0.0682 e. The molecule has 105 valence electrons. The first-order valence-corrected chi connectivity index (χ1v) is 18.2. The maximum Gasteiger partial charge on any atom is 0.0774 e. The Morgan fingerprint density at radius 3 is 1.37 bits per heavy atom. The molecule has 0 nitrogen and oxygen atoms in total. The molecule has 0 saturated carbocycles. The third-order valence-corrected chi connectivity index (χ3v) is 10.8. The summed E-state index contributed by atoms with van der Waals surface area (Å²) >= 11 is 0. The van der Waals surface area contributed by atoms with Crippen molar-refractivity contribution in [2.24, 2.45) is 0 Å². The summed E-state index contributed by atoms with van der Waals surface area (Å²) in [5.41, 5.74) is 0. The van der Waals surface area contributed by atoms with Crippen LogP contribution >= 0.6 is 0 Å². The fraction of sp³-hybridized carbons (Fsp3) is 0.600. The van der Waals surface area contributed by atoms with Crippen molar-refractivity contribution in [3.63, 3.8) is 0 Å². The Balaban J connectivity index is 3.82. The zero-order chi connectivity index (χ0) is 15.2. The topological polar surface area (TPSA) is 0 Å². The van der Waals surface area contributed by atoms with Crippen molar-refractivity contribution in [1.82, 2.24) is 0 Å². The molecule has 0 amide bonds. The van der Waals surface area contributed by atoms with Crippen molar-refractivity contribution in [1.29, 1.82) is 0 Å². The van der Waals surface area contributed by atoms with Crippen molar-refractivity contribution < 1.29 is 0 Å². The first-order chi connectivity index (χ1) is 8.26. The first-order valence-electron chi connectivity index (χ1n) is 7.16. The molecule has 0 unspecified atom stereocenters. The molecule has 0 aliphatic rings. The Bertz CT molecular complexity index is 471. The molecule has 0 spiro atoms. The quantitative estimate of drug-likeness (QED) is 0.748. The number of hydrogen-bond donors (Lipinski definition) is 0. The van der Waals surface area contributed by atoms with Gasteiger partial charge in [0, 0.05) is 0 Å². The van der Waals surface area contributed by atoms with Crippen LogP contribution in [-0.2, 0) is 0 Å². The van der Waals surface area contributed by atoms with Gasteiger partial charge >= 0.3 is 0 Å². The molecule has 1 rings (SSSR count). The largest absolute Gasteiger partial charge is 0.0774 e. The highest BCUT2D eigenvalue weighted by atomic mass is 28.3. The van der Waals surface area contributed by atoms with Crippen molar-refractivity contribution in [3.05, 3.63) is 12.1 Å². The van der Waals surface area contributed by atoms with Gasteiger partial charge in [0.05, 0.1) is 34.5 Å². The van der Waals surface area contributed by atoms with Crippen LogP contribution in [-0.4, -0.2) is 34.5 Å². The molecule has 4 heteroatoms. The van der Waals surface area contributed by atoms with Crippen LogP contribution in [0.15, 0.2) is 12.1 Å². The number of rotatable bonds is 3. The minimum absolute atomic E-state index is 1.29. The Hall–Kier alpha value is 0.0875. The molecule has 1 aromatic carbocycles. The first kappa shape index (κ1) is 17.1. The summed E-state index contributed by atoms with van der Waals surface area (Å²) in [6.07, 6.45) is 0. The van der Waals surface area contributed by atoms with Gasteiger partial charge in [-0.05, 0) is 0 Å². The smallest absolute Gasteiger partial charge is 0.0682 e. The maximum atomic E-state index is 3.91. The van der Waals surface area contributed by atoms with Crippen LogP contribution in [0.4, 0.5) is 0 Å². The molecule has 0 aromatic heterocycles. The van der Waals surface area contributed by atoms with Crippen LogP contribution in [0.1, 0.15) is 0 Å². The average Bonchev–Trinajstić information content (AvgIpc) is 2.11. The molecule has 0 fully saturated rings. The maximum absolute atomic E-state index is 3.91. The highest BCUT2D eigenvalue weighted by Gasteiger charge is 2.34. The van der Waals surface area contributed by atoms with Crippen LogP contribution in [0.3, 0.4) is 0 Å². The van der Waals surface area contributed by atoms with E-state index in [4.69, 9.17) is 0 Å². The number of hydrogen-bond acceptors (Lipinski definition) is 0. The second kappa shape index (κ2) is 5.13. The summed E-state index contributed by atoms with van der Waals surface area (Å²) in [7, 11) is -0.0495. The standard InChI is InChI=1S/C15H29Si4/c1-17(2,3)13-11-10-12(16)14(18(4,5)6)15(13)19(7,8)9/h10-11H,1-9H3. The third kappa shape index (κ3) is 3.80. The van der Waals surface area contributed by atoms with E-state index in [2.05, 4.69) is 81.3 Å². The van der Waals surface area contributed by atoms with E-state index in [9.17, 15) is 0 Å². The van der Waals surface area contributed by atoms with Gasteiger partial charge in [0.1, 0.15) is 0 Å². The highest BCUT2D eigenvalue weighted by Crippen LogP contribution is 2.09. The molecule has 0 heterocycles. The summed E-state index contributed by atoms with van der Waals surface area (Å²) < 4.78 is 0. The lowest BCUT2D eigenvalue weighted by Gasteiger charge is -2.35. The molecule has 1 aromatic rings. The molecule has 0 bridgehead atoms. The molecule has 0 atom stereocenters. The summed E-state index contributed by atoms with van der Waals surface area (Å²) in [5, 5.41) is 6.49. The van der Waals surface area contributed by atoms with Gasteiger partial charge in [-0.15, -0.1) is 0 Å². The van der Waals surface area contributed by atoms with Crippen LogP contribution in [0, 0.1) is 0 Å². The van der Waals surface area contributed by atoms with Gasteiger partial charge in [-0.25, -0.2) is 0 Å². The van der Waals surface area contributed by atoms with E-state index in [0.29, 0.717) is 0 Å². The van der Waals surface area contributed by atoms with Gasteiger partial charge in [-0.2, -0.15) is 0 Å². The van der Waals surface area contributed by atoms with E-state index in [1.165, 1.54) is 5.19 Å². The zero-order valence-corrected chi connectivity index (χ0v) is 18.2. The number of benzene rings is 1. The van der Waals surface area contributed by atoms with Crippen molar-refractivity contribution in [2.45, 2.75) is 58.9 Å². The van der Waals surface area contributed by atoms with Gasteiger partial charge < -0.3 is 0 Å². The van der Waals surface area contributed by atoms with E-state index in [-0.39, 0.29) is 0 Å². The van der Waals surface area contributed by atoms with E-state index in [1.807, 2.05) is 0 Å². The van der Waals surface area contributed by atoms with Crippen LogP contribution < -0.4 is 20.7 Å². The summed E-state index contributed by atoms with van der Waals surface area (Å²) in [4.78, 5) is 0. The van der Waals surface area contributed by atoms with E-state index < -0.39 is 24.2 Å². The molecule has 3 radical (unpaired) electrons. The fourth-order valence-electron chi connectivity index (χ4n) is 2.79. The fourth-order valence-corrected chi connectivity index (χ4v) is 13.9. The predicted molar refractivity (Wildman–Crippen MR) is 101 cm³/mol. The molecular weight excluding hydrogens is 293 g/mol. The molecule has 0 aliphatic carbocycles. The monoisotopic (exact) mass is 321 g/mol. The SMILES string of the molecule is C[Si](C)(C)c1ccc([Si])c([Si](C)(C)C)c1[Si](C)(C)C. The summed E-state index contributed by atoms with van der Waals surface area (Å²) in [6.45, 7) is 22.4. The molecule has 0 N–H and O–H groups in total. The Morgan fingerprint density at radius 1 is 0.632 bits per heavy atom. The molecule has 0 aliphatic heterocycles. The molecule has 19 heavy (non-hydrogen) atoms. The minimum atomic E-state index is -1.34. The van der Waals surface area contributed by atoms with E-state index >= 15 is 0 Å².